The van der Waals surface area contributed by atoms with E-state index in [1.54, 1.807) is 28.9 Å². The Kier molecular flexibility index (Phi) is 13.5. The van der Waals surface area contributed by atoms with E-state index in [-0.39, 0.29) is 12.7 Å². The molecule has 2 aliphatic heterocycles. The van der Waals surface area contributed by atoms with Crippen LogP contribution in [-0.4, -0.2) is 78.7 Å². The SMILES string of the molecule is CC.CC(F)(F)F.CNc1cc(-c2cc(-c3cnn(C)c3)nc(N3CCOCC3)c2)ccc1F.O=CN1CCCC1. The van der Waals surface area contributed by atoms with Crippen LogP contribution in [0, 0.1) is 5.82 Å². The molecule has 226 valence electrons. The zero-order valence-corrected chi connectivity index (χ0v) is 24.3. The van der Waals surface area contributed by atoms with E-state index in [1.165, 1.54) is 18.9 Å². The minimum atomic E-state index is -4.00. The number of hydrogen-bond donors (Lipinski definition) is 1. The van der Waals surface area contributed by atoms with Crippen molar-refractivity contribution in [3.63, 3.8) is 0 Å². The summed E-state index contributed by atoms with van der Waals surface area (Å²) in [5, 5.41) is 7.16. The van der Waals surface area contributed by atoms with Gasteiger partial charge in [-0.05, 0) is 48.2 Å². The largest absolute Gasteiger partial charge is 0.386 e. The first-order valence-electron chi connectivity index (χ1n) is 13.6. The van der Waals surface area contributed by atoms with Gasteiger partial charge in [-0.1, -0.05) is 19.9 Å². The number of anilines is 2. The molecule has 1 N–H and O–H groups in total. The summed E-state index contributed by atoms with van der Waals surface area (Å²) in [6, 6.07) is 9.17. The molecule has 0 unspecified atom stereocenters. The van der Waals surface area contributed by atoms with Crippen LogP contribution in [0.3, 0.4) is 0 Å². The number of pyridine rings is 1. The van der Waals surface area contributed by atoms with E-state index in [2.05, 4.69) is 21.4 Å². The highest BCUT2D eigenvalue weighted by Gasteiger charge is 2.17. The molecule has 12 heteroatoms. The summed E-state index contributed by atoms with van der Waals surface area (Å²) < 4.78 is 52.2. The summed E-state index contributed by atoms with van der Waals surface area (Å²) in [7, 11) is 3.60. The van der Waals surface area contributed by atoms with Gasteiger partial charge in [0.05, 0.1) is 30.8 Å². The second-order valence-corrected chi connectivity index (χ2v) is 9.18. The van der Waals surface area contributed by atoms with Gasteiger partial charge < -0.3 is 19.9 Å². The number of hydrogen-bond acceptors (Lipinski definition) is 6. The Hall–Kier alpha value is -3.67. The number of nitrogens with one attached hydrogen (secondary N) is 1. The van der Waals surface area contributed by atoms with Gasteiger partial charge in [-0.15, -0.1) is 0 Å². The van der Waals surface area contributed by atoms with Gasteiger partial charge in [-0.3, -0.25) is 9.48 Å². The lowest BCUT2D eigenvalue weighted by molar-refractivity contribution is -0.117. The molecule has 1 aromatic carbocycles. The average molecular weight is 581 g/mol. The summed E-state index contributed by atoms with van der Waals surface area (Å²) in [4.78, 5) is 18.8. The van der Waals surface area contributed by atoms with Crippen molar-refractivity contribution in [1.82, 2.24) is 19.7 Å². The van der Waals surface area contributed by atoms with Crippen molar-refractivity contribution in [3.05, 3.63) is 48.5 Å². The highest BCUT2D eigenvalue weighted by atomic mass is 19.4. The van der Waals surface area contributed by atoms with E-state index < -0.39 is 6.18 Å². The van der Waals surface area contributed by atoms with Crippen molar-refractivity contribution in [2.75, 3.05) is 56.7 Å². The summed E-state index contributed by atoms with van der Waals surface area (Å²) in [6.07, 6.45) is 3.06. The molecule has 0 spiro atoms. The lowest BCUT2D eigenvalue weighted by Gasteiger charge is -2.28. The quantitative estimate of drug-likeness (QED) is 0.295. The zero-order valence-electron chi connectivity index (χ0n) is 24.3. The van der Waals surface area contributed by atoms with Crippen LogP contribution in [0.1, 0.15) is 33.6 Å². The standard InChI is InChI=1S/C20H22FN5O.C5H9NO.C2H3F3.C2H6/c1-22-19-9-14(3-4-17(19)21)15-10-18(16-12-23-25(2)13-16)24-20(11-15)26-5-7-27-8-6-26;7-5-6-3-1-2-4-6;1-2(3,4)5;1-2/h3-4,9-13,22H,5-8H2,1-2H3;5H,1-4H2;1H3;1-2H3. The minimum absolute atomic E-state index is 0.188. The van der Waals surface area contributed by atoms with Crippen LogP contribution < -0.4 is 10.2 Å². The number of carbonyl (C=O) groups excluding carboxylic acids is 1. The predicted octanol–water partition coefficient (Wildman–Crippen LogP) is 6.00. The normalized spacial score (nSPS) is 14.6. The number of halogens is 4. The van der Waals surface area contributed by atoms with Gasteiger partial charge in [0.1, 0.15) is 11.6 Å². The van der Waals surface area contributed by atoms with Crippen LogP contribution in [0.25, 0.3) is 22.4 Å². The van der Waals surface area contributed by atoms with Crippen LogP contribution in [-0.2, 0) is 16.6 Å². The number of ether oxygens (including phenoxy) is 1. The summed E-state index contributed by atoms with van der Waals surface area (Å²) >= 11 is 0. The molecule has 0 radical (unpaired) electrons. The van der Waals surface area contributed by atoms with E-state index in [0.717, 1.165) is 60.8 Å². The van der Waals surface area contributed by atoms with Crippen molar-refractivity contribution < 1.29 is 27.1 Å². The first kappa shape index (κ1) is 33.5. The second kappa shape index (κ2) is 16.6. The van der Waals surface area contributed by atoms with Crippen LogP contribution in [0.4, 0.5) is 29.1 Å². The fraction of sp³-hybridized carbons (Fsp3) is 0.483. The number of rotatable bonds is 5. The molecular formula is C29H40F4N6O2. The molecule has 5 rings (SSSR count). The molecule has 2 aromatic heterocycles. The molecule has 2 aliphatic rings. The Morgan fingerprint density at radius 2 is 1.61 bits per heavy atom. The Bertz CT molecular complexity index is 1200. The maximum atomic E-state index is 13.9. The highest BCUT2D eigenvalue weighted by Crippen LogP contribution is 2.31. The first-order chi connectivity index (χ1) is 19.6. The number of amides is 1. The van der Waals surface area contributed by atoms with E-state index in [0.29, 0.717) is 18.9 Å². The molecule has 0 bridgehead atoms. The van der Waals surface area contributed by atoms with Crippen molar-refractivity contribution in [1.29, 1.82) is 0 Å². The zero-order chi connectivity index (χ0) is 30.4. The van der Waals surface area contributed by atoms with Crippen LogP contribution >= 0.6 is 0 Å². The Balaban J connectivity index is 0.000000348. The molecule has 2 saturated heterocycles. The second-order valence-electron chi connectivity index (χ2n) is 9.18. The van der Waals surface area contributed by atoms with Crippen LogP contribution in [0.2, 0.25) is 0 Å². The molecular weight excluding hydrogens is 540 g/mol. The first-order valence-corrected chi connectivity index (χ1v) is 13.6. The third-order valence-electron chi connectivity index (χ3n) is 6.01. The van der Waals surface area contributed by atoms with Crippen molar-refractivity contribution in [2.45, 2.75) is 39.8 Å². The van der Waals surface area contributed by atoms with Crippen molar-refractivity contribution in [3.8, 4) is 22.4 Å². The Labute approximate surface area is 239 Å². The van der Waals surface area contributed by atoms with E-state index in [1.807, 2.05) is 39.2 Å². The molecule has 4 heterocycles. The van der Waals surface area contributed by atoms with E-state index >= 15 is 0 Å². The van der Waals surface area contributed by atoms with Crippen molar-refractivity contribution >= 4 is 17.9 Å². The smallest absolute Gasteiger partial charge is 0.386 e. The molecule has 1 amide bonds. The predicted molar refractivity (Wildman–Crippen MR) is 154 cm³/mol. The molecule has 41 heavy (non-hydrogen) atoms. The third-order valence-corrected chi connectivity index (χ3v) is 6.01. The van der Waals surface area contributed by atoms with Gasteiger partial charge in [0.15, 0.2) is 0 Å². The molecule has 0 saturated carbocycles. The fourth-order valence-electron chi connectivity index (χ4n) is 4.08. The van der Waals surface area contributed by atoms with Gasteiger partial charge in [0.2, 0.25) is 6.41 Å². The van der Waals surface area contributed by atoms with Crippen LogP contribution in [0.15, 0.2) is 42.7 Å². The molecule has 2 fully saturated rings. The monoisotopic (exact) mass is 580 g/mol. The third kappa shape index (κ3) is 11.4. The Morgan fingerprint density at radius 3 is 2.12 bits per heavy atom. The van der Waals surface area contributed by atoms with Gasteiger partial charge in [0, 0.05) is 59.0 Å². The molecule has 0 atom stereocenters. The lowest BCUT2D eigenvalue weighted by atomic mass is 10.0. The maximum absolute atomic E-state index is 13.9. The number of likely N-dealkylation sites (tertiary alicyclic amines) is 1. The number of nitrogens with zero attached hydrogens (tertiary/aromatic N) is 5. The fourth-order valence-corrected chi connectivity index (χ4v) is 4.08. The topological polar surface area (TPSA) is 75.5 Å². The summed E-state index contributed by atoms with van der Waals surface area (Å²) in [5.41, 5.74) is 4.19. The highest BCUT2D eigenvalue weighted by molar-refractivity contribution is 5.75. The molecule has 3 aromatic rings. The maximum Gasteiger partial charge on any atom is 0.386 e. The van der Waals surface area contributed by atoms with Gasteiger partial charge in [0.25, 0.3) is 0 Å². The van der Waals surface area contributed by atoms with E-state index in [9.17, 15) is 22.4 Å². The summed E-state index contributed by atoms with van der Waals surface area (Å²) in [5.74, 6) is 0.626. The number of alkyl halides is 3. The van der Waals surface area contributed by atoms with Gasteiger partial charge in [-0.2, -0.15) is 18.3 Å². The number of aromatic nitrogens is 3. The lowest BCUT2D eigenvalue weighted by Crippen LogP contribution is -2.36. The van der Waals surface area contributed by atoms with Gasteiger partial charge >= 0.3 is 6.18 Å². The molecule has 0 aliphatic carbocycles. The number of morpholine rings is 1. The molecule has 8 nitrogen and oxygen atoms in total. The Morgan fingerprint density at radius 1 is 0.976 bits per heavy atom. The van der Waals surface area contributed by atoms with Crippen molar-refractivity contribution in [2.24, 2.45) is 7.05 Å². The average Bonchev–Trinajstić information content (AvgIpc) is 3.66. The van der Waals surface area contributed by atoms with E-state index in [4.69, 9.17) is 9.72 Å². The van der Waals surface area contributed by atoms with Gasteiger partial charge in [-0.25, -0.2) is 9.37 Å². The van der Waals surface area contributed by atoms with Crippen LogP contribution in [0.5, 0.6) is 0 Å². The number of aryl methyl sites for hydroxylation is 1. The number of carbonyl (C=O) groups is 1. The summed E-state index contributed by atoms with van der Waals surface area (Å²) in [6.45, 7) is 9.12. The number of benzene rings is 1. The minimum Gasteiger partial charge on any atom is -0.386 e.